The maximum atomic E-state index is 12.5. The predicted octanol–water partition coefficient (Wildman–Crippen LogP) is 2.76. The van der Waals surface area contributed by atoms with E-state index in [1.807, 2.05) is 0 Å². The van der Waals surface area contributed by atoms with E-state index in [9.17, 15) is 24.8 Å². The van der Waals surface area contributed by atoms with Crippen LogP contribution in [0.4, 0.5) is 5.69 Å². The lowest BCUT2D eigenvalue weighted by Gasteiger charge is -2.15. The number of nitro benzene ring substituents is 1. The van der Waals surface area contributed by atoms with Gasteiger partial charge in [0, 0.05) is 28.8 Å². The van der Waals surface area contributed by atoms with E-state index in [-0.39, 0.29) is 33.9 Å². The van der Waals surface area contributed by atoms with Crippen LogP contribution in [-0.2, 0) is 0 Å². The first kappa shape index (κ1) is 13.7. The minimum absolute atomic E-state index is 0.0294. The Morgan fingerprint density at radius 2 is 1.64 bits per heavy atom. The summed E-state index contributed by atoms with van der Waals surface area (Å²) in [5.41, 5.74) is 0.635. The quantitative estimate of drug-likeness (QED) is 0.678. The summed E-state index contributed by atoms with van der Waals surface area (Å²) < 4.78 is 0. The number of ketones is 2. The van der Waals surface area contributed by atoms with Crippen LogP contribution in [0.1, 0.15) is 26.3 Å². The molecule has 3 rings (SSSR count). The van der Waals surface area contributed by atoms with Gasteiger partial charge in [-0.3, -0.25) is 19.7 Å². The minimum atomic E-state index is -0.614. The molecule has 108 valence electrons. The van der Waals surface area contributed by atoms with E-state index in [0.29, 0.717) is 5.56 Å². The summed E-state index contributed by atoms with van der Waals surface area (Å²) in [6, 6.07) is 9.49. The highest BCUT2D eigenvalue weighted by molar-refractivity contribution is 6.38. The maximum Gasteiger partial charge on any atom is 0.270 e. The predicted molar refractivity (Wildman–Crippen MR) is 77.8 cm³/mol. The van der Waals surface area contributed by atoms with Crippen LogP contribution in [0.15, 0.2) is 48.5 Å². The Balaban J connectivity index is 2.10. The van der Waals surface area contributed by atoms with Crippen molar-refractivity contribution in [2.75, 3.05) is 0 Å². The van der Waals surface area contributed by atoms with Crippen molar-refractivity contribution in [3.63, 3.8) is 0 Å². The summed E-state index contributed by atoms with van der Waals surface area (Å²) in [6.45, 7) is 0. The molecule has 0 saturated heterocycles. The monoisotopic (exact) mass is 295 g/mol. The molecule has 0 radical (unpaired) electrons. The second-order valence-corrected chi connectivity index (χ2v) is 4.79. The van der Waals surface area contributed by atoms with Crippen molar-refractivity contribution in [3.8, 4) is 5.75 Å². The molecule has 0 heterocycles. The topological polar surface area (TPSA) is 97.5 Å². The molecule has 0 amide bonds. The van der Waals surface area contributed by atoms with Gasteiger partial charge in [-0.2, -0.15) is 0 Å². The molecule has 1 aliphatic carbocycles. The first-order valence-electron chi connectivity index (χ1n) is 6.36. The van der Waals surface area contributed by atoms with Crippen molar-refractivity contribution in [1.82, 2.24) is 0 Å². The fourth-order valence-corrected chi connectivity index (χ4v) is 2.32. The molecule has 6 heteroatoms. The van der Waals surface area contributed by atoms with Gasteiger partial charge in [0.2, 0.25) is 0 Å². The number of carbonyl (C=O) groups is 2. The number of Topliss-reactive ketones (excluding diaryl/α,β-unsaturated/α-hetero) is 1. The van der Waals surface area contributed by atoms with Crippen molar-refractivity contribution in [2.45, 2.75) is 0 Å². The zero-order valence-corrected chi connectivity index (χ0v) is 11.1. The van der Waals surface area contributed by atoms with Gasteiger partial charge in [-0.15, -0.1) is 0 Å². The Hall–Kier alpha value is -3.28. The van der Waals surface area contributed by atoms with E-state index < -0.39 is 10.7 Å². The largest absolute Gasteiger partial charge is 0.508 e. The van der Waals surface area contributed by atoms with Gasteiger partial charge in [0.15, 0.2) is 11.6 Å². The van der Waals surface area contributed by atoms with Crippen molar-refractivity contribution < 1.29 is 19.6 Å². The molecular weight excluding hydrogens is 286 g/mol. The maximum absolute atomic E-state index is 12.5. The SMILES string of the molecule is O=C1C=C(c2ccc(O)cc2)C(=O)c2ccc([N+](=O)[O-])cc21. The molecule has 0 saturated carbocycles. The summed E-state index contributed by atoms with van der Waals surface area (Å²) in [7, 11) is 0. The standard InChI is InChI=1S/C16H9NO5/c18-11-4-1-9(2-5-11)13-8-15(19)14-7-10(17(21)22)3-6-12(14)16(13)20/h1-8,18H. The lowest BCUT2D eigenvalue weighted by molar-refractivity contribution is -0.384. The summed E-state index contributed by atoms with van der Waals surface area (Å²) in [4.78, 5) is 34.8. The molecule has 0 unspecified atom stereocenters. The molecule has 0 spiro atoms. The number of non-ortho nitro benzene ring substituents is 1. The average molecular weight is 295 g/mol. The Kier molecular flexibility index (Phi) is 3.06. The van der Waals surface area contributed by atoms with Crippen LogP contribution in [0.5, 0.6) is 5.75 Å². The molecule has 0 aromatic heterocycles. The molecule has 0 fully saturated rings. The lowest BCUT2D eigenvalue weighted by Crippen LogP contribution is -2.16. The fraction of sp³-hybridized carbons (Fsp3) is 0. The summed E-state index contributed by atoms with van der Waals surface area (Å²) >= 11 is 0. The number of hydrogen-bond acceptors (Lipinski definition) is 5. The molecule has 2 aromatic rings. The van der Waals surface area contributed by atoms with Gasteiger partial charge in [0.25, 0.3) is 5.69 Å². The van der Waals surface area contributed by atoms with Crippen LogP contribution in [0.25, 0.3) is 5.57 Å². The van der Waals surface area contributed by atoms with Crippen molar-refractivity contribution in [3.05, 3.63) is 75.3 Å². The van der Waals surface area contributed by atoms with Gasteiger partial charge in [-0.25, -0.2) is 0 Å². The van der Waals surface area contributed by atoms with Gasteiger partial charge in [0.1, 0.15) is 5.75 Å². The number of rotatable bonds is 2. The minimum Gasteiger partial charge on any atom is -0.508 e. The number of fused-ring (bicyclic) bond motifs is 1. The van der Waals surface area contributed by atoms with Crippen molar-refractivity contribution >= 4 is 22.8 Å². The summed E-state index contributed by atoms with van der Waals surface area (Å²) in [5.74, 6) is -0.786. The third kappa shape index (κ3) is 2.16. The average Bonchev–Trinajstić information content (AvgIpc) is 2.51. The highest BCUT2D eigenvalue weighted by Gasteiger charge is 2.28. The zero-order chi connectivity index (χ0) is 15.9. The molecule has 0 atom stereocenters. The molecule has 6 nitrogen and oxygen atoms in total. The van der Waals surface area contributed by atoms with Crippen molar-refractivity contribution in [2.24, 2.45) is 0 Å². The molecular formula is C16H9NO5. The van der Waals surface area contributed by atoms with E-state index in [4.69, 9.17) is 0 Å². The highest BCUT2D eigenvalue weighted by Crippen LogP contribution is 2.30. The second kappa shape index (κ2) is 4.92. The Morgan fingerprint density at radius 1 is 0.955 bits per heavy atom. The van der Waals surface area contributed by atoms with E-state index in [0.717, 1.165) is 6.07 Å². The molecule has 1 aliphatic rings. The van der Waals surface area contributed by atoms with Gasteiger partial charge < -0.3 is 5.11 Å². The molecule has 1 N–H and O–H groups in total. The number of allylic oxidation sites excluding steroid dienone is 2. The number of phenols is 1. The van der Waals surface area contributed by atoms with E-state index >= 15 is 0 Å². The number of nitrogens with zero attached hydrogens (tertiary/aromatic N) is 1. The Morgan fingerprint density at radius 3 is 2.27 bits per heavy atom. The number of carbonyl (C=O) groups excluding carboxylic acids is 2. The number of aromatic hydroxyl groups is 1. The number of hydrogen-bond donors (Lipinski definition) is 1. The van der Waals surface area contributed by atoms with Gasteiger partial charge in [0.05, 0.1) is 4.92 Å². The second-order valence-electron chi connectivity index (χ2n) is 4.79. The third-order valence-electron chi connectivity index (χ3n) is 3.42. The van der Waals surface area contributed by atoms with Gasteiger partial charge in [-0.1, -0.05) is 12.1 Å². The first-order chi connectivity index (χ1) is 10.5. The Bertz CT molecular complexity index is 849. The zero-order valence-electron chi connectivity index (χ0n) is 11.1. The number of benzene rings is 2. The van der Waals surface area contributed by atoms with E-state index in [1.54, 1.807) is 0 Å². The molecule has 22 heavy (non-hydrogen) atoms. The number of phenolic OH excluding ortho intramolecular Hbond substituents is 1. The lowest BCUT2D eigenvalue weighted by atomic mass is 9.86. The van der Waals surface area contributed by atoms with E-state index in [2.05, 4.69) is 0 Å². The summed E-state index contributed by atoms with van der Waals surface area (Å²) in [6.07, 6.45) is 1.17. The van der Waals surface area contributed by atoms with Crippen LogP contribution < -0.4 is 0 Å². The van der Waals surface area contributed by atoms with Crippen LogP contribution >= 0.6 is 0 Å². The smallest absolute Gasteiger partial charge is 0.270 e. The van der Waals surface area contributed by atoms with Gasteiger partial charge in [-0.05, 0) is 29.8 Å². The van der Waals surface area contributed by atoms with Crippen LogP contribution in [0, 0.1) is 10.1 Å². The van der Waals surface area contributed by atoms with Crippen LogP contribution in [0.3, 0.4) is 0 Å². The summed E-state index contributed by atoms with van der Waals surface area (Å²) in [5, 5.41) is 20.0. The Labute approximate surface area is 124 Å². The fourth-order valence-electron chi connectivity index (χ4n) is 2.32. The van der Waals surface area contributed by atoms with E-state index in [1.165, 1.54) is 42.5 Å². The van der Waals surface area contributed by atoms with Crippen molar-refractivity contribution in [1.29, 1.82) is 0 Å². The molecule has 0 aliphatic heterocycles. The van der Waals surface area contributed by atoms with Crippen LogP contribution in [-0.4, -0.2) is 21.6 Å². The van der Waals surface area contributed by atoms with Crippen LogP contribution in [0.2, 0.25) is 0 Å². The normalized spacial score (nSPS) is 13.5. The van der Waals surface area contributed by atoms with Gasteiger partial charge >= 0.3 is 0 Å². The first-order valence-corrected chi connectivity index (χ1v) is 6.36. The number of nitro groups is 1. The molecule has 0 bridgehead atoms. The molecule has 2 aromatic carbocycles. The highest BCUT2D eigenvalue weighted by atomic mass is 16.6. The third-order valence-corrected chi connectivity index (χ3v) is 3.42.